The highest BCUT2D eigenvalue weighted by Crippen LogP contribution is 2.02. The van der Waals surface area contributed by atoms with Crippen LogP contribution >= 0.6 is 0 Å². The van der Waals surface area contributed by atoms with Gasteiger partial charge in [-0.15, -0.1) is 0 Å². The van der Waals surface area contributed by atoms with Gasteiger partial charge in [0.2, 0.25) is 11.8 Å². The SMILES string of the molecule is C=CC(=O)NCC(C)C/C=C/C(=O)NC(C)(C)C. The van der Waals surface area contributed by atoms with Gasteiger partial charge in [-0.25, -0.2) is 0 Å². The fourth-order valence-corrected chi connectivity index (χ4v) is 1.25. The summed E-state index contributed by atoms with van der Waals surface area (Å²) in [5, 5.41) is 5.56. The van der Waals surface area contributed by atoms with Crippen LogP contribution in [-0.4, -0.2) is 23.9 Å². The second kappa shape index (κ2) is 7.69. The highest BCUT2D eigenvalue weighted by atomic mass is 16.2. The number of allylic oxidation sites excluding steroid dienone is 1. The second-order valence-electron chi connectivity index (χ2n) is 5.43. The molecule has 0 aromatic heterocycles. The van der Waals surface area contributed by atoms with Crippen molar-refractivity contribution in [2.75, 3.05) is 6.54 Å². The first kappa shape index (κ1) is 16.4. The summed E-state index contributed by atoms with van der Waals surface area (Å²) in [5.74, 6) is 0.0220. The molecule has 1 atom stereocenters. The predicted octanol–water partition coefficient (Wildman–Crippen LogP) is 1.79. The molecule has 0 fully saturated rings. The Hall–Kier alpha value is -1.58. The molecule has 4 heteroatoms. The average Bonchev–Trinajstić information content (AvgIpc) is 2.23. The van der Waals surface area contributed by atoms with E-state index in [1.54, 1.807) is 0 Å². The van der Waals surface area contributed by atoms with E-state index in [1.807, 2.05) is 33.8 Å². The summed E-state index contributed by atoms with van der Waals surface area (Å²) in [6.45, 7) is 11.8. The van der Waals surface area contributed by atoms with E-state index in [9.17, 15) is 9.59 Å². The van der Waals surface area contributed by atoms with E-state index in [1.165, 1.54) is 12.2 Å². The summed E-state index contributed by atoms with van der Waals surface area (Å²) in [7, 11) is 0. The number of hydrogen-bond acceptors (Lipinski definition) is 2. The monoisotopic (exact) mass is 252 g/mol. The standard InChI is InChI=1S/C14H24N2O2/c1-6-12(17)15-10-11(2)8-7-9-13(18)16-14(3,4)5/h6-7,9,11H,1,8,10H2,2-5H3,(H,15,17)(H,16,18)/b9-7+. The van der Waals surface area contributed by atoms with Crippen molar-refractivity contribution in [3.63, 3.8) is 0 Å². The molecule has 0 radical (unpaired) electrons. The maximum absolute atomic E-state index is 11.5. The van der Waals surface area contributed by atoms with Gasteiger partial charge in [-0.1, -0.05) is 19.6 Å². The van der Waals surface area contributed by atoms with E-state index in [0.29, 0.717) is 6.54 Å². The van der Waals surface area contributed by atoms with Crippen LogP contribution in [0.25, 0.3) is 0 Å². The van der Waals surface area contributed by atoms with E-state index < -0.39 is 0 Å². The third-order valence-electron chi connectivity index (χ3n) is 2.12. The summed E-state index contributed by atoms with van der Waals surface area (Å²) in [5.41, 5.74) is -0.217. The predicted molar refractivity (Wildman–Crippen MR) is 74.0 cm³/mol. The summed E-state index contributed by atoms with van der Waals surface area (Å²) in [4.78, 5) is 22.4. The van der Waals surface area contributed by atoms with Gasteiger partial charge in [-0.2, -0.15) is 0 Å². The third-order valence-corrected chi connectivity index (χ3v) is 2.12. The van der Waals surface area contributed by atoms with Gasteiger partial charge in [-0.3, -0.25) is 9.59 Å². The van der Waals surface area contributed by atoms with E-state index in [2.05, 4.69) is 17.2 Å². The number of rotatable bonds is 6. The lowest BCUT2D eigenvalue weighted by Crippen LogP contribution is -2.39. The first-order chi connectivity index (χ1) is 8.24. The van der Waals surface area contributed by atoms with Crippen molar-refractivity contribution in [3.8, 4) is 0 Å². The second-order valence-corrected chi connectivity index (χ2v) is 5.43. The largest absolute Gasteiger partial charge is 0.352 e. The molecule has 0 aliphatic heterocycles. The Morgan fingerprint density at radius 2 is 1.89 bits per heavy atom. The Balaban J connectivity index is 3.90. The fraction of sp³-hybridized carbons (Fsp3) is 0.571. The topological polar surface area (TPSA) is 58.2 Å². The van der Waals surface area contributed by atoms with Crippen molar-refractivity contribution in [1.29, 1.82) is 0 Å². The first-order valence-corrected chi connectivity index (χ1v) is 6.13. The molecule has 0 rings (SSSR count). The van der Waals surface area contributed by atoms with Crippen molar-refractivity contribution < 1.29 is 9.59 Å². The van der Waals surface area contributed by atoms with Gasteiger partial charge in [0.05, 0.1) is 0 Å². The lowest BCUT2D eigenvalue weighted by molar-refractivity contribution is -0.118. The average molecular weight is 252 g/mol. The Morgan fingerprint density at radius 1 is 1.28 bits per heavy atom. The molecular weight excluding hydrogens is 228 g/mol. The van der Waals surface area contributed by atoms with Crippen LogP contribution < -0.4 is 10.6 Å². The van der Waals surface area contributed by atoms with Crippen LogP contribution in [0.15, 0.2) is 24.8 Å². The zero-order valence-electron chi connectivity index (χ0n) is 11.7. The Bertz CT molecular complexity index is 327. The van der Waals surface area contributed by atoms with Crippen molar-refractivity contribution in [3.05, 3.63) is 24.8 Å². The summed E-state index contributed by atoms with van der Waals surface area (Å²) in [6, 6.07) is 0. The van der Waals surface area contributed by atoms with Crippen LogP contribution in [0.2, 0.25) is 0 Å². The molecule has 2 N–H and O–H groups in total. The maximum Gasteiger partial charge on any atom is 0.244 e. The lowest BCUT2D eigenvalue weighted by atomic mass is 10.1. The number of carbonyl (C=O) groups is 2. The summed E-state index contributed by atoms with van der Waals surface area (Å²) in [6.07, 6.45) is 5.36. The van der Waals surface area contributed by atoms with Crippen LogP contribution in [0.1, 0.15) is 34.1 Å². The summed E-state index contributed by atoms with van der Waals surface area (Å²) < 4.78 is 0. The van der Waals surface area contributed by atoms with Crippen LogP contribution in [-0.2, 0) is 9.59 Å². The molecule has 0 spiro atoms. The highest BCUT2D eigenvalue weighted by molar-refractivity contribution is 5.88. The molecule has 0 bridgehead atoms. The molecule has 0 heterocycles. The van der Waals surface area contributed by atoms with Crippen LogP contribution in [0.3, 0.4) is 0 Å². The van der Waals surface area contributed by atoms with Crippen LogP contribution in [0.5, 0.6) is 0 Å². The third kappa shape index (κ3) is 9.63. The molecule has 102 valence electrons. The van der Waals surface area contributed by atoms with Crippen LogP contribution in [0.4, 0.5) is 0 Å². The summed E-state index contributed by atoms with van der Waals surface area (Å²) >= 11 is 0. The highest BCUT2D eigenvalue weighted by Gasteiger charge is 2.11. The molecule has 0 aromatic carbocycles. The molecule has 0 saturated carbocycles. The molecular formula is C14H24N2O2. The molecule has 4 nitrogen and oxygen atoms in total. The number of amides is 2. The van der Waals surface area contributed by atoms with E-state index >= 15 is 0 Å². The van der Waals surface area contributed by atoms with Crippen LogP contribution in [0, 0.1) is 5.92 Å². The molecule has 1 unspecified atom stereocenters. The lowest BCUT2D eigenvalue weighted by Gasteiger charge is -2.19. The van der Waals surface area contributed by atoms with E-state index in [-0.39, 0.29) is 23.3 Å². The van der Waals surface area contributed by atoms with Gasteiger partial charge in [0.1, 0.15) is 0 Å². The zero-order valence-corrected chi connectivity index (χ0v) is 11.7. The Labute approximate surface area is 110 Å². The zero-order chi connectivity index (χ0) is 14.2. The Kier molecular flexibility index (Phi) is 7.01. The van der Waals surface area contributed by atoms with Crippen molar-refractivity contribution in [2.45, 2.75) is 39.7 Å². The maximum atomic E-state index is 11.5. The van der Waals surface area contributed by atoms with Gasteiger partial charge in [0, 0.05) is 12.1 Å². The molecule has 0 saturated heterocycles. The van der Waals surface area contributed by atoms with Crippen molar-refractivity contribution >= 4 is 11.8 Å². The van der Waals surface area contributed by atoms with Gasteiger partial charge in [-0.05, 0) is 45.3 Å². The van der Waals surface area contributed by atoms with Gasteiger partial charge < -0.3 is 10.6 Å². The Morgan fingerprint density at radius 3 is 2.39 bits per heavy atom. The fourth-order valence-electron chi connectivity index (χ4n) is 1.25. The number of nitrogens with one attached hydrogen (secondary N) is 2. The molecule has 0 aliphatic carbocycles. The van der Waals surface area contributed by atoms with E-state index in [0.717, 1.165) is 6.42 Å². The number of carbonyl (C=O) groups excluding carboxylic acids is 2. The normalized spacial score (nSPS) is 13.1. The quantitative estimate of drug-likeness (QED) is 0.708. The van der Waals surface area contributed by atoms with Gasteiger partial charge in [0.25, 0.3) is 0 Å². The minimum absolute atomic E-state index is 0.0928. The molecule has 0 aromatic rings. The van der Waals surface area contributed by atoms with Crippen molar-refractivity contribution in [2.24, 2.45) is 5.92 Å². The number of hydrogen-bond donors (Lipinski definition) is 2. The van der Waals surface area contributed by atoms with Gasteiger partial charge in [0.15, 0.2) is 0 Å². The smallest absolute Gasteiger partial charge is 0.244 e. The van der Waals surface area contributed by atoms with Crippen molar-refractivity contribution in [1.82, 2.24) is 10.6 Å². The molecule has 18 heavy (non-hydrogen) atoms. The molecule has 2 amide bonds. The first-order valence-electron chi connectivity index (χ1n) is 6.13. The van der Waals surface area contributed by atoms with Gasteiger partial charge >= 0.3 is 0 Å². The minimum atomic E-state index is -0.217. The minimum Gasteiger partial charge on any atom is -0.352 e. The van der Waals surface area contributed by atoms with E-state index in [4.69, 9.17) is 0 Å². The molecule has 0 aliphatic rings.